The lowest BCUT2D eigenvalue weighted by Crippen LogP contribution is -2.37. The van der Waals surface area contributed by atoms with Crippen LogP contribution in [-0.2, 0) is 25.7 Å². The molecule has 0 unspecified atom stereocenters. The van der Waals surface area contributed by atoms with Crippen LogP contribution in [0.2, 0.25) is 19.6 Å². The normalized spacial score (nSPS) is 13.9. The summed E-state index contributed by atoms with van der Waals surface area (Å²) in [4.78, 5) is 15.8. The van der Waals surface area contributed by atoms with E-state index in [1.165, 1.54) is 91.7 Å². The van der Waals surface area contributed by atoms with Gasteiger partial charge < -0.3 is 0 Å². The van der Waals surface area contributed by atoms with Gasteiger partial charge in [-0.1, -0.05) is 152 Å². The van der Waals surface area contributed by atoms with Crippen molar-refractivity contribution in [2.45, 2.75) is 71.0 Å². The molecule has 0 N–H and O–H groups in total. The second-order valence-electron chi connectivity index (χ2n) is 17.3. The van der Waals surface area contributed by atoms with Crippen LogP contribution in [0.15, 0.2) is 146 Å². The fraction of sp³-hybridized carbons (Fsp3) is 0.204. The Kier molecular flexibility index (Phi) is 9.46. The maximum absolute atomic E-state index is 5.28. The third kappa shape index (κ3) is 6.90. The maximum atomic E-state index is 5.28. The molecule has 1 heterocycles. The minimum absolute atomic E-state index is 0.722. The lowest BCUT2D eigenvalue weighted by Gasteiger charge is -2.21. The first kappa shape index (κ1) is 36.4. The molecule has 3 nitrogen and oxygen atoms in total. The molecule has 0 saturated carbocycles. The number of fused-ring (bicyclic) bond motifs is 3. The SMILES string of the molecule is C[Si](C)(C)c1cccc2c(-c3cccc(-c4cccc(-c5cccc(-c6nc(-c7cccc8c7CCCC8)nc(-c7cccc8c7CCCC8)n6)c5)c4)c3)cccc12. The first-order valence-corrected chi connectivity index (χ1v) is 24.7. The standard InChI is InChI=1S/C54H49N3Si/c1-58(2,3)51-32-14-28-47-46(27-13-29-48(47)51)42-23-9-21-40(34-42)38-19-8-20-39(33-38)41-22-10-24-43(35-41)52-55-53(49-30-11-17-36-15-4-6-25-44(36)49)57-54(56-52)50-31-12-18-37-16-5-7-26-45(37)50/h8-14,17-24,27-35H,4-7,15-16,25-26H2,1-3H3. The van der Waals surface area contributed by atoms with Gasteiger partial charge in [-0.25, -0.2) is 15.0 Å². The van der Waals surface area contributed by atoms with E-state index in [1.807, 2.05) is 0 Å². The predicted molar refractivity (Wildman–Crippen MR) is 246 cm³/mol. The summed E-state index contributed by atoms with van der Waals surface area (Å²) in [7, 11) is -1.51. The van der Waals surface area contributed by atoms with Crippen molar-refractivity contribution < 1.29 is 0 Å². The Morgan fingerprint density at radius 3 is 1.36 bits per heavy atom. The van der Waals surface area contributed by atoms with Gasteiger partial charge in [0.1, 0.15) is 0 Å². The van der Waals surface area contributed by atoms with Gasteiger partial charge in [0.25, 0.3) is 0 Å². The molecule has 7 aromatic carbocycles. The van der Waals surface area contributed by atoms with E-state index in [4.69, 9.17) is 15.0 Å². The zero-order chi connectivity index (χ0) is 39.2. The van der Waals surface area contributed by atoms with Crippen LogP contribution >= 0.6 is 0 Å². The van der Waals surface area contributed by atoms with Crippen molar-refractivity contribution >= 4 is 24.0 Å². The largest absolute Gasteiger partial charge is 0.208 e. The van der Waals surface area contributed by atoms with Gasteiger partial charge >= 0.3 is 0 Å². The number of aromatic nitrogens is 3. The van der Waals surface area contributed by atoms with Gasteiger partial charge in [-0.3, -0.25) is 0 Å². The molecule has 0 bridgehead atoms. The number of nitrogens with zero attached hydrogens (tertiary/aromatic N) is 3. The lowest BCUT2D eigenvalue weighted by molar-refractivity contribution is 0.685. The molecule has 0 fully saturated rings. The van der Waals surface area contributed by atoms with Crippen molar-refractivity contribution in [2.75, 3.05) is 0 Å². The van der Waals surface area contributed by atoms with Gasteiger partial charge in [0.15, 0.2) is 17.5 Å². The first-order chi connectivity index (χ1) is 28.4. The van der Waals surface area contributed by atoms with Crippen LogP contribution in [0.4, 0.5) is 0 Å². The highest BCUT2D eigenvalue weighted by Crippen LogP contribution is 2.37. The van der Waals surface area contributed by atoms with Gasteiger partial charge in [-0.05, 0) is 136 Å². The Morgan fingerprint density at radius 2 is 0.776 bits per heavy atom. The summed E-state index contributed by atoms with van der Waals surface area (Å²) >= 11 is 0. The monoisotopic (exact) mass is 767 g/mol. The predicted octanol–water partition coefficient (Wildman–Crippen LogP) is 13.3. The minimum Gasteiger partial charge on any atom is -0.208 e. The summed E-state index contributed by atoms with van der Waals surface area (Å²) in [6.45, 7) is 7.30. The Hall–Kier alpha value is -5.97. The Bertz CT molecular complexity index is 2770. The molecule has 284 valence electrons. The smallest absolute Gasteiger partial charge is 0.164 e. The zero-order valence-corrected chi connectivity index (χ0v) is 34.9. The van der Waals surface area contributed by atoms with E-state index in [-0.39, 0.29) is 0 Å². The average Bonchev–Trinajstić information content (AvgIpc) is 3.28. The molecule has 2 aliphatic rings. The minimum atomic E-state index is -1.51. The summed E-state index contributed by atoms with van der Waals surface area (Å²) in [5, 5.41) is 4.23. The lowest BCUT2D eigenvalue weighted by atomic mass is 9.87. The highest BCUT2D eigenvalue weighted by atomic mass is 28.3. The van der Waals surface area contributed by atoms with E-state index in [2.05, 4.69) is 165 Å². The number of benzene rings is 7. The highest BCUT2D eigenvalue weighted by Gasteiger charge is 2.22. The van der Waals surface area contributed by atoms with Crippen LogP contribution < -0.4 is 5.19 Å². The van der Waals surface area contributed by atoms with Crippen molar-refractivity contribution in [1.29, 1.82) is 0 Å². The molecule has 4 heteroatoms. The van der Waals surface area contributed by atoms with E-state index >= 15 is 0 Å². The first-order valence-electron chi connectivity index (χ1n) is 21.2. The van der Waals surface area contributed by atoms with Crippen LogP contribution in [-0.4, -0.2) is 23.0 Å². The Balaban J connectivity index is 1.04. The fourth-order valence-corrected chi connectivity index (χ4v) is 11.1. The molecule has 0 radical (unpaired) electrons. The van der Waals surface area contributed by atoms with E-state index in [0.717, 1.165) is 65.4 Å². The van der Waals surface area contributed by atoms with Crippen LogP contribution in [0, 0.1) is 0 Å². The third-order valence-corrected chi connectivity index (χ3v) is 14.5. The molecular weight excluding hydrogens is 719 g/mol. The number of rotatable bonds is 7. The van der Waals surface area contributed by atoms with Gasteiger partial charge in [0, 0.05) is 16.7 Å². The summed E-state index contributed by atoms with van der Waals surface area (Å²) < 4.78 is 0. The van der Waals surface area contributed by atoms with Gasteiger partial charge in [-0.2, -0.15) is 0 Å². The zero-order valence-electron chi connectivity index (χ0n) is 33.9. The van der Waals surface area contributed by atoms with E-state index in [1.54, 1.807) is 0 Å². The topological polar surface area (TPSA) is 38.7 Å². The molecule has 0 atom stereocenters. The third-order valence-electron chi connectivity index (χ3n) is 12.5. The summed E-state index contributed by atoms with van der Waals surface area (Å²) in [6, 6.07) is 53.8. The number of hydrogen-bond acceptors (Lipinski definition) is 3. The van der Waals surface area contributed by atoms with Crippen molar-refractivity contribution in [3.05, 3.63) is 168 Å². The van der Waals surface area contributed by atoms with E-state index in [9.17, 15) is 0 Å². The van der Waals surface area contributed by atoms with E-state index in [0.29, 0.717) is 0 Å². The molecule has 0 aliphatic heterocycles. The number of hydrogen-bond donors (Lipinski definition) is 0. The van der Waals surface area contributed by atoms with Crippen molar-refractivity contribution in [3.63, 3.8) is 0 Å². The van der Waals surface area contributed by atoms with Crippen LogP contribution in [0.1, 0.15) is 47.9 Å². The molecular formula is C54H49N3Si. The Morgan fingerprint density at radius 1 is 0.362 bits per heavy atom. The quantitative estimate of drug-likeness (QED) is 0.152. The summed E-state index contributed by atoms with van der Waals surface area (Å²) in [5.41, 5.74) is 16.2. The van der Waals surface area contributed by atoms with Crippen LogP contribution in [0.25, 0.3) is 78.3 Å². The summed E-state index contributed by atoms with van der Waals surface area (Å²) in [5.74, 6) is 2.28. The van der Waals surface area contributed by atoms with Crippen LogP contribution in [0.3, 0.4) is 0 Å². The fourth-order valence-electron chi connectivity index (χ4n) is 9.53. The molecule has 0 spiro atoms. The maximum Gasteiger partial charge on any atom is 0.164 e. The van der Waals surface area contributed by atoms with Crippen molar-refractivity contribution in [2.24, 2.45) is 0 Å². The summed E-state index contributed by atoms with van der Waals surface area (Å²) in [6.07, 6.45) is 9.26. The molecule has 1 aromatic heterocycles. The second kappa shape index (κ2) is 15.1. The molecule has 8 aromatic rings. The average molecular weight is 768 g/mol. The Labute approximate surface area is 343 Å². The molecule has 2 aliphatic carbocycles. The number of aryl methyl sites for hydroxylation is 2. The molecule has 0 amide bonds. The van der Waals surface area contributed by atoms with Crippen molar-refractivity contribution in [1.82, 2.24) is 15.0 Å². The van der Waals surface area contributed by atoms with Gasteiger partial charge in [0.2, 0.25) is 0 Å². The van der Waals surface area contributed by atoms with Gasteiger partial charge in [-0.15, -0.1) is 0 Å². The van der Waals surface area contributed by atoms with Crippen molar-refractivity contribution in [3.8, 4) is 67.5 Å². The van der Waals surface area contributed by atoms with Crippen LogP contribution in [0.5, 0.6) is 0 Å². The molecule has 10 rings (SSSR count). The van der Waals surface area contributed by atoms with E-state index < -0.39 is 8.07 Å². The molecule has 0 saturated heterocycles. The second-order valence-corrected chi connectivity index (χ2v) is 22.3. The molecule has 58 heavy (non-hydrogen) atoms. The highest BCUT2D eigenvalue weighted by molar-refractivity contribution is 6.90. The van der Waals surface area contributed by atoms with Gasteiger partial charge in [0.05, 0.1) is 8.07 Å².